The smallest absolute Gasteiger partial charge is 0.0568 e. The highest BCUT2D eigenvalue weighted by atomic mass is 16.5. The molecule has 1 heteroatoms. The van der Waals surface area contributed by atoms with Crippen molar-refractivity contribution in [3.05, 3.63) is 12.2 Å². The molecule has 0 bridgehead atoms. The number of hydrogen-bond donors (Lipinski definition) is 0. The quantitative estimate of drug-likeness (QED) is 0.323. The molecule has 0 aliphatic rings. The van der Waals surface area contributed by atoms with Gasteiger partial charge >= 0.3 is 0 Å². The fourth-order valence-corrected chi connectivity index (χ4v) is 2.05. The van der Waals surface area contributed by atoms with Gasteiger partial charge in [0.1, 0.15) is 0 Å². The normalized spacial score (nSPS) is 13.4. The number of unbranched alkanes of at least 4 members (excludes halogenated alkanes) is 6. The maximum atomic E-state index is 5.36. The van der Waals surface area contributed by atoms with E-state index in [-0.39, 0.29) is 0 Å². The first-order valence-electron chi connectivity index (χ1n) is 7.52. The lowest BCUT2D eigenvalue weighted by Crippen LogP contribution is -2.07. The molecule has 0 N–H and O–H groups in total. The first-order chi connectivity index (χ1) is 8.35. The summed E-state index contributed by atoms with van der Waals surface area (Å²) in [5.74, 6) is 0. The van der Waals surface area contributed by atoms with E-state index in [9.17, 15) is 0 Å². The van der Waals surface area contributed by atoms with E-state index in [1.165, 1.54) is 57.8 Å². The Morgan fingerprint density at radius 2 is 1.53 bits per heavy atom. The van der Waals surface area contributed by atoms with Gasteiger partial charge in [0.05, 0.1) is 6.10 Å². The summed E-state index contributed by atoms with van der Waals surface area (Å²) >= 11 is 0. The summed E-state index contributed by atoms with van der Waals surface area (Å²) in [6.45, 7) is 4.46. The molecule has 0 saturated heterocycles. The summed E-state index contributed by atoms with van der Waals surface area (Å²) < 4.78 is 5.36. The summed E-state index contributed by atoms with van der Waals surface area (Å²) in [5, 5.41) is 0. The zero-order valence-corrected chi connectivity index (χ0v) is 12.2. The number of hydrogen-bond acceptors (Lipinski definition) is 1. The molecule has 0 spiro atoms. The second-order valence-corrected chi connectivity index (χ2v) is 4.87. The molecule has 0 radical (unpaired) electrons. The van der Waals surface area contributed by atoms with Gasteiger partial charge < -0.3 is 4.74 Å². The summed E-state index contributed by atoms with van der Waals surface area (Å²) in [5.41, 5.74) is 0. The lowest BCUT2D eigenvalue weighted by Gasteiger charge is -2.11. The third-order valence-corrected chi connectivity index (χ3v) is 3.33. The SMILES string of the molecule is CCCCCCC=CCCCCC(CC)OC. The molecule has 1 unspecified atom stereocenters. The van der Waals surface area contributed by atoms with Crippen molar-refractivity contribution in [1.29, 1.82) is 0 Å². The van der Waals surface area contributed by atoms with Crippen molar-refractivity contribution >= 4 is 0 Å². The molecular weight excluding hydrogens is 208 g/mol. The molecule has 0 saturated carbocycles. The largest absolute Gasteiger partial charge is 0.381 e. The van der Waals surface area contributed by atoms with E-state index in [0.717, 1.165) is 6.42 Å². The Morgan fingerprint density at radius 3 is 2.06 bits per heavy atom. The van der Waals surface area contributed by atoms with E-state index in [1.54, 1.807) is 0 Å². The van der Waals surface area contributed by atoms with Crippen LogP contribution < -0.4 is 0 Å². The van der Waals surface area contributed by atoms with Crippen LogP contribution in [0.1, 0.15) is 78.1 Å². The number of methoxy groups -OCH3 is 1. The van der Waals surface area contributed by atoms with Gasteiger partial charge in [-0.05, 0) is 38.5 Å². The van der Waals surface area contributed by atoms with Crippen molar-refractivity contribution < 1.29 is 4.74 Å². The van der Waals surface area contributed by atoms with Crippen molar-refractivity contribution in [2.24, 2.45) is 0 Å². The fraction of sp³-hybridized carbons (Fsp3) is 0.875. The van der Waals surface area contributed by atoms with Crippen LogP contribution in [0.25, 0.3) is 0 Å². The molecule has 1 nitrogen and oxygen atoms in total. The van der Waals surface area contributed by atoms with E-state index in [4.69, 9.17) is 4.74 Å². The van der Waals surface area contributed by atoms with Gasteiger partial charge in [-0.25, -0.2) is 0 Å². The van der Waals surface area contributed by atoms with Crippen LogP contribution in [0.3, 0.4) is 0 Å². The standard InChI is InChI=1S/C16H32O/c1-4-6-7-8-9-10-11-12-13-14-15-16(5-2)17-3/h10-11,16H,4-9,12-15H2,1-3H3. The van der Waals surface area contributed by atoms with E-state index < -0.39 is 0 Å². The average Bonchev–Trinajstić information content (AvgIpc) is 2.36. The van der Waals surface area contributed by atoms with Gasteiger partial charge in [-0.3, -0.25) is 0 Å². The minimum Gasteiger partial charge on any atom is -0.381 e. The predicted octanol–water partition coefficient (Wildman–Crippen LogP) is 5.50. The molecule has 0 fully saturated rings. The highest BCUT2D eigenvalue weighted by Crippen LogP contribution is 2.10. The van der Waals surface area contributed by atoms with Gasteiger partial charge in [-0.1, -0.05) is 51.7 Å². The molecule has 0 aliphatic carbocycles. The average molecular weight is 240 g/mol. The lowest BCUT2D eigenvalue weighted by atomic mass is 10.1. The third kappa shape index (κ3) is 12.0. The van der Waals surface area contributed by atoms with Crippen LogP contribution in [0.2, 0.25) is 0 Å². The van der Waals surface area contributed by atoms with Crippen molar-refractivity contribution in [2.45, 2.75) is 84.2 Å². The molecule has 0 rings (SSSR count). The number of allylic oxidation sites excluding steroid dienone is 2. The van der Waals surface area contributed by atoms with Gasteiger partial charge in [-0.2, -0.15) is 0 Å². The highest BCUT2D eigenvalue weighted by molar-refractivity contribution is 4.81. The zero-order valence-electron chi connectivity index (χ0n) is 12.2. The second-order valence-electron chi connectivity index (χ2n) is 4.87. The maximum absolute atomic E-state index is 5.36. The summed E-state index contributed by atoms with van der Waals surface area (Å²) in [4.78, 5) is 0. The molecule has 0 amide bonds. The first kappa shape index (κ1) is 16.7. The maximum Gasteiger partial charge on any atom is 0.0568 e. The molecule has 0 aromatic rings. The Kier molecular flexibility index (Phi) is 13.5. The molecule has 1 atom stereocenters. The van der Waals surface area contributed by atoms with E-state index in [1.807, 2.05) is 7.11 Å². The van der Waals surface area contributed by atoms with Crippen LogP contribution >= 0.6 is 0 Å². The monoisotopic (exact) mass is 240 g/mol. The van der Waals surface area contributed by atoms with E-state index in [2.05, 4.69) is 26.0 Å². The third-order valence-electron chi connectivity index (χ3n) is 3.33. The highest BCUT2D eigenvalue weighted by Gasteiger charge is 2.02. The van der Waals surface area contributed by atoms with E-state index in [0.29, 0.717) is 6.10 Å². The van der Waals surface area contributed by atoms with Gasteiger partial charge in [0, 0.05) is 7.11 Å². The first-order valence-corrected chi connectivity index (χ1v) is 7.52. The van der Waals surface area contributed by atoms with Crippen molar-refractivity contribution in [3.8, 4) is 0 Å². The number of rotatable bonds is 12. The van der Waals surface area contributed by atoms with Crippen LogP contribution in [0.15, 0.2) is 12.2 Å². The van der Waals surface area contributed by atoms with E-state index >= 15 is 0 Å². The van der Waals surface area contributed by atoms with Crippen molar-refractivity contribution in [1.82, 2.24) is 0 Å². The molecule has 0 aliphatic heterocycles. The Balaban J connectivity index is 3.18. The summed E-state index contributed by atoms with van der Waals surface area (Å²) in [7, 11) is 1.82. The van der Waals surface area contributed by atoms with Gasteiger partial charge in [0.15, 0.2) is 0 Å². The van der Waals surface area contributed by atoms with Crippen LogP contribution in [0.5, 0.6) is 0 Å². The number of ether oxygens (including phenoxy) is 1. The minimum absolute atomic E-state index is 0.480. The summed E-state index contributed by atoms with van der Waals surface area (Å²) in [6.07, 6.45) is 18.2. The predicted molar refractivity (Wildman–Crippen MR) is 77.5 cm³/mol. The summed E-state index contributed by atoms with van der Waals surface area (Å²) in [6, 6.07) is 0. The second kappa shape index (κ2) is 13.8. The molecular formula is C16H32O. The van der Waals surface area contributed by atoms with Crippen molar-refractivity contribution in [2.75, 3.05) is 7.11 Å². The minimum atomic E-state index is 0.480. The molecule has 0 aromatic heterocycles. The zero-order chi connectivity index (χ0) is 12.8. The van der Waals surface area contributed by atoms with Crippen molar-refractivity contribution in [3.63, 3.8) is 0 Å². The van der Waals surface area contributed by atoms with Crippen LogP contribution in [-0.2, 0) is 4.74 Å². The Labute approximate surface area is 109 Å². The van der Waals surface area contributed by atoms with Crippen LogP contribution in [0.4, 0.5) is 0 Å². The molecule has 17 heavy (non-hydrogen) atoms. The lowest BCUT2D eigenvalue weighted by molar-refractivity contribution is 0.0899. The Hall–Kier alpha value is -0.300. The molecule has 102 valence electrons. The fourth-order valence-electron chi connectivity index (χ4n) is 2.05. The Bertz CT molecular complexity index is 159. The van der Waals surface area contributed by atoms with Gasteiger partial charge in [-0.15, -0.1) is 0 Å². The van der Waals surface area contributed by atoms with Crippen LogP contribution in [-0.4, -0.2) is 13.2 Å². The van der Waals surface area contributed by atoms with Crippen LogP contribution in [0, 0.1) is 0 Å². The van der Waals surface area contributed by atoms with Gasteiger partial charge in [0.25, 0.3) is 0 Å². The van der Waals surface area contributed by atoms with Gasteiger partial charge in [0.2, 0.25) is 0 Å². The Morgan fingerprint density at radius 1 is 0.882 bits per heavy atom. The topological polar surface area (TPSA) is 9.23 Å². The molecule has 0 heterocycles. The molecule has 0 aromatic carbocycles.